The van der Waals surface area contributed by atoms with Crippen LogP contribution in [-0.4, -0.2) is 29.6 Å². The van der Waals surface area contributed by atoms with Crippen molar-refractivity contribution in [3.05, 3.63) is 90.7 Å². The lowest BCUT2D eigenvalue weighted by atomic mass is 9.82. The quantitative estimate of drug-likeness (QED) is 0.736. The predicted octanol–water partition coefficient (Wildman–Crippen LogP) is 4.58. The van der Waals surface area contributed by atoms with Crippen LogP contribution < -0.4 is 0 Å². The van der Waals surface area contributed by atoms with Crippen molar-refractivity contribution in [3.8, 4) is 0 Å². The van der Waals surface area contributed by atoms with Gasteiger partial charge in [0.05, 0.1) is 5.71 Å². The summed E-state index contributed by atoms with van der Waals surface area (Å²) in [6, 6.07) is 10.4. The number of carbonyl (C=O) groups is 1. The average Bonchev–Trinajstić information content (AvgIpc) is 3.18. The Balaban J connectivity index is 2.01. The maximum atomic E-state index is 12.0. The van der Waals surface area contributed by atoms with Crippen molar-refractivity contribution >= 4 is 17.2 Å². The second kappa shape index (κ2) is 7.96. The molecule has 1 aliphatic heterocycles. The zero-order valence-corrected chi connectivity index (χ0v) is 15.2. The first-order valence-corrected chi connectivity index (χ1v) is 8.93. The van der Waals surface area contributed by atoms with Gasteiger partial charge in [0.2, 0.25) is 5.91 Å². The Bertz CT molecular complexity index is 840. The Morgan fingerprint density at radius 3 is 2.65 bits per heavy atom. The Kier molecular flexibility index (Phi) is 5.47. The Labute approximate surface area is 155 Å². The molecule has 1 aromatic carbocycles. The van der Waals surface area contributed by atoms with Crippen LogP contribution in [0, 0.1) is 5.92 Å². The fraction of sp³-hybridized carbons (Fsp3) is 0.217. The van der Waals surface area contributed by atoms with E-state index in [4.69, 9.17) is 0 Å². The summed E-state index contributed by atoms with van der Waals surface area (Å²) in [7, 11) is 0. The highest BCUT2D eigenvalue weighted by atomic mass is 16.2. The average molecular weight is 344 g/mol. The van der Waals surface area contributed by atoms with E-state index in [1.165, 1.54) is 22.8 Å². The molecule has 2 aliphatic rings. The third-order valence-corrected chi connectivity index (χ3v) is 4.92. The molecule has 3 heteroatoms. The summed E-state index contributed by atoms with van der Waals surface area (Å²) < 4.78 is 0. The van der Waals surface area contributed by atoms with Gasteiger partial charge in [0, 0.05) is 25.2 Å². The SMILES string of the molecule is C=C/N=C1/C(C2CCN(C(=O)C=C)C2)=CC(c2ccccc2)=C/C1=C/C. The monoisotopic (exact) mass is 344 g/mol. The van der Waals surface area contributed by atoms with E-state index in [1.807, 2.05) is 30.0 Å². The molecule has 1 aliphatic carbocycles. The van der Waals surface area contributed by atoms with Crippen molar-refractivity contribution in [1.82, 2.24) is 4.90 Å². The van der Waals surface area contributed by atoms with Crippen molar-refractivity contribution in [2.75, 3.05) is 13.1 Å². The molecule has 0 saturated carbocycles. The summed E-state index contributed by atoms with van der Waals surface area (Å²) in [5.41, 5.74) is 5.58. The molecule has 3 rings (SSSR count). The molecule has 1 heterocycles. The van der Waals surface area contributed by atoms with Gasteiger partial charge in [0.1, 0.15) is 0 Å². The molecule has 0 bridgehead atoms. The number of rotatable bonds is 4. The number of hydrogen-bond acceptors (Lipinski definition) is 2. The van der Waals surface area contributed by atoms with Crippen LogP contribution in [0.4, 0.5) is 0 Å². The molecule has 1 saturated heterocycles. The summed E-state index contributed by atoms with van der Waals surface area (Å²) in [6.07, 6.45) is 10.4. The normalized spacial score (nSPS) is 23.0. The standard InChI is InChI=1S/C23H24N2O/c1-4-17-14-20(18-10-8-7-9-11-18)15-21(23(17)24-6-3)19-12-13-25(16-19)22(26)5-2/h4-11,14-15,19H,2-3,12-13,16H2,1H3/b17-4-,24-23+. The molecule has 1 fully saturated rings. The molecular weight excluding hydrogens is 320 g/mol. The van der Waals surface area contributed by atoms with Gasteiger partial charge in [-0.2, -0.15) is 0 Å². The van der Waals surface area contributed by atoms with Gasteiger partial charge in [-0.25, -0.2) is 0 Å². The maximum Gasteiger partial charge on any atom is 0.245 e. The van der Waals surface area contributed by atoms with E-state index >= 15 is 0 Å². The molecule has 0 aromatic heterocycles. The molecular formula is C23H24N2O. The van der Waals surface area contributed by atoms with Gasteiger partial charge >= 0.3 is 0 Å². The first-order chi connectivity index (χ1) is 12.7. The van der Waals surface area contributed by atoms with E-state index in [0.29, 0.717) is 6.54 Å². The Morgan fingerprint density at radius 2 is 2.00 bits per heavy atom. The van der Waals surface area contributed by atoms with Crippen molar-refractivity contribution < 1.29 is 4.79 Å². The lowest BCUT2D eigenvalue weighted by Crippen LogP contribution is -2.28. The molecule has 1 unspecified atom stereocenters. The van der Waals surface area contributed by atoms with Gasteiger partial charge in [-0.05, 0) is 53.9 Å². The summed E-state index contributed by atoms with van der Waals surface area (Å²) in [5.74, 6) is 0.260. The zero-order valence-electron chi connectivity index (χ0n) is 15.2. The summed E-state index contributed by atoms with van der Waals surface area (Å²) in [4.78, 5) is 18.4. The van der Waals surface area contributed by atoms with Crippen molar-refractivity contribution in [1.29, 1.82) is 0 Å². The van der Waals surface area contributed by atoms with E-state index in [0.717, 1.165) is 24.3 Å². The van der Waals surface area contributed by atoms with Gasteiger partial charge in [-0.3, -0.25) is 9.79 Å². The van der Waals surface area contributed by atoms with Crippen LogP contribution in [0.3, 0.4) is 0 Å². The second-order valence-electron chi connectivity index (χ2n) is 6.44. The van der Waals surface area contributed by atoms with Crippen LogP contribution in [0.1, 0.15) is 18.9 Å². The molecule has 3 nitrogen and oxygen atoms in total. The van der Waals surface area contributed by atoms with E-state index in [-0.39, 0.29) is 11.8 Å². The minimum absolute atomic E-state index is 0.00352. The van der Waals surface area contributed by atoms with Gasteiger partial charge in [-0.15, -0.1) is 0 Å². The number of hydrogen-bond donors (Lipinski definition) is 0. The predicted molar refractivity (Wildman–Crippen MR) is 109 cm³/mol. The maximum absolute atomic E-state index is 12.0. The van der Waals surface area contributed by atoms with E-state index in [9.17, 15) is 4.79 Å². The third kappa shape index (κ3) is 3.52. The first-order valence-electron chi connectivity index (χ1n) is 8.93. The van der Waals surface area contributed by atoms with Gasteiger partial charge in [-0.1, -0.05) is 49.6 Å². The minimum atomic E-state index is -0.00352. The molecule has 1 aromatic rings. The van der Waals surface area contributed by atoms with E-state index in [1.54, 1.807) is 6.20 Å². The van der Waals surface area contributed by atoms with Crippen molar-refractivity contribution in [3.63, 3.8) is 0 Å². The second-order valence-corrected chi connectivity index (χ2v) is 6.44. The van der Waals surface area contributed by atoms with Gasteiger partial charge < -0.3 is 4.90 Å². The molecule has 0 spiro atoms. The van der Waals surface area contributed by atoms with Crippen LogP contribution in [0.15, 0.2) is 90.1 Å². The summed E-state index contributed by atoms with van der Waals surface area (Å²) >= 11 is 0. The van der Waals surface area contributed by atoms with Gasteiger partial charge in [0.25, 0.3) is 0 Å². The number of amides is 1. The van der Waals surface area contributed by atoms with Crippen LogP contribution in [0.5, 0.6) is 0 Å². The highest BCUT2D eigenvalue weighted by Gasteiger charge is 2.31. The van der Waals surface area contributed by atoms with Crippen LogP contribution in [0.2, 0.25) is 0 Å². The number of nitrogens with zero attached hydrogens (tertiary/aromatic N) is 2. The Hall–Kier alpha value is -2.94. The number of allylic oxidation sites excluding steroid dienone is 5. The van der Waals surface area contributed by atoms with E-state index in [2.05, 4.69) is 48.5 Å². The topological polar surface area (TPSA) is 32.7 Å². The number of benzene rings is 1. The van der Waals surface area contributed by atoms with Crippen molar-refractivity contribution in [2.45, 2.75) is 13.3 Å². The Morgan fingerprint density at radius 1 is 1.23 bits per heavy atom. The number of likely N-dealkylation sites (tertiary alicyclic amines) is 1. The largest absolute Gasteiger partial charge is 0.339 e. The summed E-state index contributed by atoms with van der Waals surface area (Å²) in [5, 5.41) is 0. The van der Waals surface area contributed by atoms with Crippen LogP contribution >= 0.6 is 0 Å². The lowest BCUT2D eigenvalue weighted by Gasteiger charge is -2.23. The highest BCUT2D eigenvalue weighted by molar-refractivity contribution is 6.19. The third-order valence-electron chi connectivity index (χ3n) is 4.92. The molecule has 0 radical (unpaired) electrons. The van der Waals surface area contributed by atoms with E-state index < -0.39 is 0 Å². The highest BCUT2D eigenvalue weighted by Crippen LogP contribution is 2.34. The number of aliphatic imine (C=N–C) groups is 1. The summed E-state index contributed by atoms with van der Waals surface area (Å²) in [6.45, 7) is 10.9. The fourth-order valence-electron chi connectivity index (χ4n) is 3.59. The van der Waals surface area contributed by atoms with Gasteiger partial charge in [0.15, 0.2) is 0 Å². The zero-order chi connectivity index (χ0) is 18.5. The molecule has 1 atom stereocenters. The lowest BCUT2D eigenvalue weighted by molar-refractivity contribution is -0.125. The molecule has 0 N–H and O–H groups in total. The van der Waals surface area contributed by atoms with Crippen LogP contribution in [0.25, 0.3) is 5.57 Å². The fourth-order valence-corrected chi connectivity index (χ4v) is 3.59. The van der Waals surface area contributed by atoms with Crippen molar-refractivity contribution in [2.24, 2.45) is 10.9 Å². The molecule has 132 valence electrons. The van der Waals surface area contributed by atoms with Crippen LogP contribution in [-0.2, 0) is 4.79 Å². The first kappa shape index (κ1) is 17.9. The minimum Gasteiger partial charge on any atom is -0.339 e. The molecule has 26 heavy (non-hydrogen) atoms. The number of carbonyl (C=O) groups excluding carboxylic acids is 1. The smallest absolute Gasteiger partial charge is 0.245 e. The molecule has 1 amide bonds.